The normalized spacial score (nSPS) is 17.7. The van der Waals surface area contributed by atoms with E-state index in [1.54, 1.807) is 42.3 Å². The minimum absolute atomic E-state index is 0.127. The number of carbonyl (C=O) groups excluding carboxylic acids is 1. The van der Waals surface area contributed by atoms with Crippen molar-refractivity contribution in [2.75, 3.05) is 16.7 Å². The second-order valence-electron chi connectivity index (χ2n) is 9.30. The van der Waals surface area contributed by atoms with Gasteiger partial charge < -0.3 is 9.32 Å². The summed E-state index contributed by atoms with van der Waals surface area (Å²) < 4.78 is 36.0. The molecule has 1 aromatic heterocycles. The minimum atomic E-state index is -3.90. The molecule has 2 heterocycles. The SMILES string of the molecule is Cc1cc2oc3c(c2cc1NS(=O)(=O)c1ccc2c4c(cccc14)C(=O)N2C)C[C@H](C)CC3. The fraction of sp³-hybridized carbons (Fsp3) is 0.269. The van der Waals surface area contributed by atoms with Gasteiger partial charge in [0, 0.05) is 40.8 Å². The highest BCUT2D eigenvalue weighted by molar-refractivity contribution is 7.93. The first-order valence-electron chi connectivity index (χ1n) is 11.2. The minimum Gasteiger partial charge on any atom is -0.461 e. The molecular weight excluding hydrogens is 436 g/mol. The van der Waals surface area contributed by atoms with E-state index in [0.29, 0.717) is 27.9 Å². The van der Waals surface area contributed by atoms with Crippen LogP contribution < -0.4 is 9.62 Å². The number of nitrogens with zero attached hydrogens (tertiary/aromatic N) is 1. The van der Waals surface area contributed by atoms with E-state index >= 15 is 0 Å². The lowest BCUT2D eigenvalue weighted by Gasteiger charge is -2.17. The van der Waals surface area contributed by atoms with Crippen LogP contribution in [0.5, 0.6) is 0 Å². The molecule has 2 aliphatic rings. The Morgan fingerprint density at radius 2 is 1.94 bits per heavy atom. The number of anilines is 2. The van der Waals surface area contributed by atoms with E-state index in [-0.39, 0.29) is 10.8 Å². The Morgan fingerprint density at radius 1 is 1.12 bits per heavy atom. The number of hydrogen-bond donors (Lipinski definition) is 1. The zero-order valence-corrected chi connectivity index (χ0v) is 19.5. The van der Waals surface area contributed by atoms with Crippen molar-refractivity contribution < 1.29 is 17.6 Å². The Hall–Kier alpha value is -3.32. The van der Waals surface area contributed by atoms with Gasteiger partial charge in [0.1, 0.15) is 11.3 Å². The van der Waals surface area contributed by atoms with Gasteiger partial charge in [0.15, 0.2) is 0 Å². The number of amides is 1. The van der Waals surface area contributed by atoms with Crippen molar-refractivity contribution in [3.8, 4) is 0 Å². The fourth-order valence-electron chi connectivity index (χ4n) is 5.25. The molecule has 0 saturated heterocycles. The second-order valence-corrected chi connectivity index (χ2v) is 10.9. The van der Waals surface area contributed by atoms with E-state index in [2.05, 4.69) is 11.6 Å². The summed E-state index contributed by atoms with van der Waals surface area (Å²) >= 11 is 0. The van der Waals surface area contributed by atoms with Crippen LogP contribution in [-0.4, -0.2) is 21.4 Å². The van der Waals surface area contributed by atoms with Gasteiger partial charge >= 0.3 is 0 Å². The fourth-order valence-corrected chi connectivity index (χ4v) is 6.58. The van der Waals surface area contributed by atoms with Gasteiger partial charge in [-0.15, -0.1) is 0 Å². The summed E-state index contributed by atoms with van der Waals surface area (Å²) in [6.45, 7) is 4.11. The van der Waals surface area contributed by atoms with E-state index in [4.69, 9.17) is 4.42 Å². The molecule has 0 unspecified atom stereocenters. The van der Waals surface area contributed by atoms with Crippen LogP contribution in [-0.2, 0) is 22.9 Å². The van der Waals surface area contributed by atoms with Gasteiger partial charge in [-0.2, -0.15) is 0 Å². The lowest BCUT2D eigenvalue weighted by molar-refractivity contribution is 0.0999. The van der Waals surface area contributed by atoms with Crippen molar-refractivity contribution in [2.45, 2.75) is 38.0 Å². The number of sulfonamides is 1. The van der Waals surface area contributed by atoms with E-state index in [1.165, 1.54) is 5.56 Å². The summed E-state index contributed by atoms with van der Waals surface area (Å²) in [5.41, 5.74) is 4.59. The highest BCUT2D eigenvalue weighted by Crippen LogP contribution is 2.41. The molecule has 1 aliphatic heterocycles. The lowest BCUT2D eigenvalue weighted by atomic mass is 9.88. The highest BCUT2D eigenvalue weighted by atomic mass is 32.2. The highest BCUT2D eigenvalue weighted by Gasteiger charge is 2.30. The Bertz CT molecular complexity index is 1600. The van der Waals surface area contributed by atoms with E-state index < -0.39 is 10.0 Å². The predicted octanol–water partition coefficient (Wildman–Crippen LogP) is 5.41. The molecule has 1 amide bonds. The van der Waals surface area contributed by atoms with Crippen LogP contribution in [0.1, 0.15) is 40.6 Å². The topological polar surface area (TPSA) is 79.6 Å². The van der Waals surface area contributed by atoms with Crippen LogP contribution in [0, 0.1) is 12.8 Å². The Balaban J connectivity index is 1.47. The molecule has 6 nitrogen and oxygen atoms in total. The van der Waals surface area contributed by atoms with Crippen LogP contribution in [0.3, 0.4) is 0 Å². The van der Waals surface area contributed by atoms with Crippen LogP contribution in [0.4, 0.5) is 11.4 Å². The Morgan fingerprint density at radius 3 is 2.76 bits per heavy atom. The van der Waals surface area contributed by atoms with Crippen molar-refractivity contribution in [1.29, 1.82) is 0 Å². The number of fused-ring (bicyclic) bond motifs is 3. The average Bonchev–Trinajstić information content (AvgIpc) is 3.25. The first-order valence-corrected chi connectivity index (χ1v) is 12.6. The summed E-state index contributed by atoms with van der Waals surface area (Å²) in [7, 11) is -2.19. The third-order valence-corrected chi connectivity index (χ3v) is 8.47. The molecule has 6 rings (SSSR count). The summed E-state index contributed by atoms with van der Waals surface area (Å²) in [6, 6.07) is 12.3. The Labute approximate surface area is 192 Å². The summed E-state index contributed by atoms with van der Waals surface area (Å²) in [6.07, 6.45) is 2.96. The molecule has 7 heteroatoms. The first kappa shape index (κ1) is 20.3. The standard InChI is InChI=1S/C26H24N2O4S/c1-14-7-9-22-18(11-14)19-13-20(15(2)12-23(19)32-22)27-33(30,31)24-10-8-21-25-16(24)5-4-6-17(25)26(29)28(21)3/h4-6,8,10,12-14,27H,7,9,11H2,1-3H3/t14-/m1/s1. The van der Waals surface area contributed by atoms with Gasteiger partial charge in [-0.3, -0.25) is 9.52 Å². The Kier molecular flexibility index (Phi) is 4.21. The molecule has 0 saturated carbocycles. The maximum Gasteiger partial charge on any atom is 0.262 e. The number of carbonyl (C=O) groups is 1. The number of hydrogen-bond acceptors (Lipinski definition) is 4. The maximum absolute atomic E-state index is 13.6. The maximum atomic E-state index is 13.6. The van der Waals surface area contributed by atoms with Gasteiger partial charge in [0.25, 0.3) is 15.9 Å². The zero-order valence-electron chi connectivity index (χ0n) is 18.7. The van der Waals surface area contributed by atoms with E-state index in [9.17, 15) is 13.2 Å². The molecule has 0 fully saturated rings. The molecule has 3 aromatic carbocycles. The van der Waals surface area contributed by atoms with Crippen LogP contribution in [0.15, 0.2) is 51.8 Å². The molecule has 168 valence electrons. The average molecular weight is 461 g/mol. The zero-order chi connectivity index (χ0) is 23.1. The third kappa shape index (κ3) is 2.92. The number of benzene rings is 3. The van der Waals surface area contributed by atoms with Crippen LogP contribution >= 0.6 is 0 Å². The van der Waals surface area contributed by atoms with Crippen LogP contribution in [0.2, 0.25) is 0 Å². The molecule has 1 aliphatic carbocycles. The molecule has 0 spiro atoms. The monoisotopic (exact) mass is 460 g/mol. The van der Waals surface area contributed by atoms with E-state index in [0.717, 1.165) is 47.2 Å². The molecule has 4 aromatic rings. The molecule has 0 radical (unpaired) electrons. The quantitative estimate of drug-likeness (QED) is 0.443. The molecule has 1 atom stereocenters. The second kappa shape index (κ2) is 6.84. The van der Waals surface area contributed by atoms with Gasteiger partial charge in [-0.05, 0) is 61.6 Å². The summed E-state index contributed by atoms with van der Waals surface area (Å²) in [5, 5.41) is 2.20. The number of rotatable bonds is 3. The smallest absolute Gasteiger partial charge is 0.262 e. The number of furan rings is 1. The first-order chi connectivity index (χ1) is 15.7. The number of aryl methyl sites for hydroxylation is 2. The van der Waals surface area contributed by atoms with Gasteiger partial charge in [-0.1, -0.05) is 19.1 Å². The van der Waals surface area contributed by atoms with Gasteiger partial charge in [0.2, 0.25) is 0 Å². The van der Waals surface area contributed by atoms with Crippen molar-refractivity contribution in [3.63, 3.8) is 0 Å². The summed E-state index contributed by atoms with van der Waals surface area (Å²) in [5.74, 6) is 1.47. The predicted molar refractivity (Wildman–Crippen MR) is 130 cm³/mol. The molecule has 33 heavy (non-hydrogen) atoms. The molecular formula is C26H24N2O4S. The molecule has 0 bridgehead atoms. The van der Waals surface area contributed by atoms with Gasteiger partial charge in [-0.25, -0.2) is 8.42 Å². The lowest BCUT2D eigenvalue weighted by Crippen LogP contribution is -2.20. The van der Waals surface area contributed by atoms with Crippen molar-refractivity contribution >= 4 is 49.0 Å². The number of nitrogens with one attached hydrogen (secondary N) is 1. The van der Waals surface area contributed by atoms with Crippen LogP contribution in [0.25, 0.3) is 21.7 Å². The van der Waals surface area contributed by atoms with Crippen molar-refractivity contribution in [2.24, 2.45) is 5.92 Å². The summed E-state index contributed by atoms with van der Waals surface area (Å²) in [4.78, 5) is 14.3. The third-order valence-electron chi connectivity index (χ3n) is 7.05. The van der Waals surface area contributed by atoms with Crippen molar-refractivity contribution in [3.05, 3.63) is 64.9 Å². The van der Waals surface area contributed by atoms with Crippen molar-refractivity contribution in [1.82, 2.24) is 0 Å². The van der Waals surface area contributed by atoms with Gasteiger partial charge in [0.05, 0.1) is 16.3 Å². The van der Waals surface area contributed by atoms with E-state index in [1.807, 2.05) is 19.1 Å². The molecule has 1 N–H and O–H groups in total. The largest absolute Gasteiger partial charge is 0.461 e.